The summed E-state index contributed by atoms with van der Waals surface area (Å²) in [5.41, 5.74) is 3.91. The Hall–Kier alpha value is -2.41. The summed E-state index contributed by atoms with van der Waals surface area (Å²) in [6.45, 7) is 7.24. The minimum atomic E-state index is -3.87. The van der Waals surface area contributed by atoms with Gasteiger partial charge in [-0.05, 0) is 56.5 Å². The summed E-state index contributed by atoms with van der Waals surface area (Å²) in [5, 5.41) is 17.7. The average molecular weight is 405 g/mol. The molecule has 1 aromatic carbocycles. The number of nitriles is 1. The summed E-state index contributed by atoms with van der Waals surface area (Å²) in [6.07, 6.45) is 0. The maximum atomic E-state index is 12.2. The third kappa shape index (κ3) is 4.86. The highest BCUT2D eigenvalue weighted by Gasteiger charge is 2.16. The molecule has 0 saturated heterocycles. The van der Waals surface area contributed by atoms with Crippen LogP contribution in [0.3, 0.4) is 0 Å². The second-order valence-electron chi connectivity index (χ2n) is 6.10. The number of carbonyl (C=O) groups excluding carboxylic acids is 1. The van der Waals surface area contributed by atoms with Gasteiger partial charge in [0.15, 0.2) is 0 Å². The van der Waals surface area contributed by atoms with E-state index in [1.54, 1.807) is 19.1 Å². The summed E-state index contributed by atoms with van der Waals surface area (Å²) in [6, 6.07) is 6.64. The fourth-order valence-corrected chi connectivity index (χ4v) is 4.16. The molecule has 0 unspecified atom stereocenters. The molecule has 2 rings (SSSR count). The number of sulfonamides is 1. The zero-order valence-electron chi connectivity index (χ0n) is 15.5. The standard InChI is InChI=1S/C18H20N4O3S2/c1-10-5-6-14(7-16(10)27(20,24)25)22-17(23)9-26-18-15(8-19)12(3)11(2)13(4)21-18/h5-7H,9H2,1-4H3,(H,22,23)(H2,20,24,25). The molecule has 2 aromatic rings. The summed E-state index contributed by atoms with van der Waals surface area (Å²) in [7, 11) is -3.87. The fraction of sp³-hybridized carbons (Fsp3) is 0.278. The molecule has 0 aliphatic carbocycles. The Kier molecular flexibility index (Phi) is 6.26. The monoisotopic (exact) mass is 404 g/mol. The van der Waals surface area contributed by atoms with Crippen LogP contribution >= 0.6 is 11.8 Å². The second-order valence-corrected chi connectivity index (χ2v) is 8.60. The molecular formula is C18H20N4O3S2. The van der Waals surface area contributed by atoms with Gasteiger partial charge >= 0.3 is 0 Å². The van der Waals surface area contributed by atoms with Crippen LogP contribution in [0.15, 0.2) is 28.1 Å². The molecule has 142 valence electrons. The molecule has 27 heavy (non-hydrogen) atoms. The molecule has 1 amide bonds. The number of nitrogens with one attached hydrogen (secondary N) is 1. The molecule has 0 bridgehead atoms. The van der Waals surface area contributed by atoms with Crippen LogP contribution in [-0.2, 0) is 14.8 Å². The van der Waals surface area contributed by atoms with Crippen molar-refractivity contribution in [2.24, 2.45) is 5.14 Å². The number of nitrogens with zero attached hydrogens (tertiary/aromatic N) is 2. The molecule has 1 heterocycles. The van der Waals surface area contributed by atoms with Crippen molar-refractivity contribution < 1.29 is 13.2 Å². The number of rotatable bonds is 5. The van der Waals surface area contributed by atoms with Crippen LogP contribution < -0.4 is 10.5 Å². The Labute approximate surface area is 163 Å². The summed E-state index contributed by atoms with van der Waals surface area (Å²) in [4.78, 5) is 16.6. The molecular weight excluding hydrogens is 384 g/mol. The molecule has 0 saturated carbocycles. The van der Waals surface area contributed by atoms with Gasteiger partial charge in [0.1, 0.15) is 11.1 Å². The van der Waals surface area contributed by atoms with Gasteiger partial charge in [0.2, 0.25) is 15.9 Å². The molecule has 3 N–H and O–H groups in total. The van der Waals surface area contributed by atoms with Crippen molar-refractivity contribution in [3.63, 3.8) is 0 Å². The number of pyridine rings is 1. The van der Waals surface area contributed by atoms with Crippen molar-refractivity contribution in [3.8, 4) is 6.07 Å². The van der Waals surface area contributed by atoms with Gasteiger partial charge in [0, 0.05) is 11.4 Å². The number of nitrogens with two attached hydrogens (primary N) is 1. The lowest BCUT2D eigenvalue weighted by molar-refractivity contribution is -0.113. The number of benzene rings is 1. The minimum absolute atomic E-state index is 0.0300. The topological polar surface area (TPSA) is 126 Å². The van der Waals surface area contributed by atoms with Gasteiger partial charge in [0.25, 0.3) is 0 Å². The molecule has 0 aliphatic rings. The SMILES string of the molecule is Cc1ccc(NC(=O)CSc2nc(C)c(C)c(C)c2C#N)cc1S(N)(=O)=O. The Morgan fingerprint density at radius 1 is 1.26 bits per heavy atom. The number of carbonyl (C=O) groups is 1. The number of primary sulfonamides is 1. The van der Waals surface area contributed by atoms with E-state index in [0.29, 0.717) is 21.8 Å². The molecule has 0 fully saturated rings. The maximum absolute atomic E-state index is 12.2. The van der Waals surface area contributed by atoms with E-state index in [0.717, 1.165) is 28.6 Å². The van der Waals surface area contributed by atoms with Gasteiger partial charge in [-0.2, -0.15) is 5.26 Å². The Morgan fingerprint density at radius 3 is 2.52 bits per heavy atom. The first-order valence-electron chi connectivity index (χ1n) is 7.98. The van der Waals surface area contributed by atoms with Gasteiger partial charge in [-0.1, -0.05) is 17.8 Å². The van der Waals surface area contributed by atoms with Crippen LogP contribution in [0.5, 0.6) is 0 Å². The molecule has 1 aromatic heterocycles. The lowest BCUT2D eigenvalue weighted by Gasteiger charge is -2.11. The minimum Gasteiger partial charge on any atom is -0.325 e. The zero-order valence-corrected chi connectivity index (χ0v) is 17.1. The van der Waals surface area contributed by atoms with E-state index in [1.165, 1.54) is 6.07 Å². The number of amides is 1. The van der Waals surface area contributed by atoms with Crippen LogP contribution in [0, 0.1) is 39.0 Å². The predicted molar refractivity (Wildman–Crippen MR) is 105 cm³/mol. The first-order valence-corrected chi connectivity index (χ1v) is 10.5. The summed E-state index contributed by atoms with van der Waals surface area (Å²) >= 11 is 1.16. The fourth-order valence-electron chi connectivity index (χ4n) is 2.46. The molecule has 0 atom stereocenters. The Bertz CT molecular complexity index is 1060. The third-order valence-corrected chi connectivity index (χ3v) is 6.22. The van der Waals surface area contributed by atoms with Gasteiger partial charge in [-0.15, -0.1) is 0 Å². The normalized spacial score (nSPS) is 11.1. The first-order chi connectivity index (χ1) is 12.5. The van der Waals surface area contributed by atoms with Crippen LogP contribution in [0.25, 0.3) is 0 Å². The number of thioether (sulfide) groups is 1. The van der Waals surface area contributed by atoms with E-state index in [9.17, 15) is 18.5 Å². The molecule has 9 heteroatoms. The predicted octanol–water partition coefficient (Wildman–Crippen LogP) is 2.57. The van der Waals surface area contributed by atoms with Crippen molar-refractivity contribution in [1.82, 2.24) is 4.98 Å². The number of aryl methyl sites for hydroxylation is 2. The van der Waals surface area contributed by atoms with E-state index in [2.05, 4.69) is 16.4 Å². The van der Waals surface area contributed by atoms with Crippen molar-refractivity contribution >= 4 is 33.4 Å². The van der Waals surface area contributed by atoms with Gasteiger partial charge < -0.3 is 5.32 Å². The van der Waals surface area contributed by atoms with Crippen LogP contribution in [-0.4, -0.2) is 25.1 Å². The Morgan fingerprint density at radius 2 is 1.93 bits per heavy atom. The summed E-state index contributed by atoms with van der Waals surface area (Å²) < 4.78 is 23.2. The molecule has 7 nitrogen and oxygen atoms in total. The van der Waals surface area contributed by atoms with Crippen LogP contribution in [0.4, 0.5) is 5.69 Å². The summed E-state index contributed by atoms with van der Waals surface area (Å²) in [5.74, 6) is -0.312. The highest BCUT2D eigenvalue weighted by Crippen LogP contribution is 2.26. The zero-order chi connectivity index (χ0) is 20.4. The second kappa shape index (κ2) is 8.08. The number of anilines is 1. The third-order valence-electron chi connectivity index (χ3n) is 4.19. The van der Waals surface area contributed by atoms with Gasteiger partial charge in [-0.25, -0.2) is 18.5 Å². The van der Waals surface area contributed by atoms with Crippen LogP contribution in [0.2, 0.25) is 0 Å². The van der Waals surface area contributed by atoms with Crippen molar-refractivity contribution in [2.45, 2.75) is 37.6 Å². The van der Waals surface area contributed by atoms with Crippen LogP contribution in [0.1, 0.15) is 27.9 Å². The largest absolute Gasteiger partial charge is 0.325 e. The average Bonchev–Trinajstić information content (AvgIpc) is 2.58. The maximum Gasteiger partial charge on any atom is 0.238 e. The highest BCUT2D eigenvalue weighted by atomic mass is 32.2. The van der Waals surface area contributed by atoms with Gasteiger partial charge in [0.05, 0.1) is 16.2 Å². The first kappa shape index (κ1) is 20.9. The number of aromatic nitrogens is 1. The van der Waals surface area contributed by atoms with Crippen molar-refractivity contribution in [3.05, 3.63) is 46.1 Å². The van der Waals surface area contributed by atoms with E-state index < -0.39 is 10.0 Å². The molecule has 0 spiro atoms. The van der Waals surface area contributed by atoms with Crippen molar-refractivity contribution in [1.29, 1.82) is 5.26 Å². The molecule has 0 aliphatic heterocycles. The lowest BCUT2D eigenvalue weighted by Crippen LogP contribution is -2.17. The van der Waals surface area contributed by atoms with E-state index in [-0.39, 0.29) is 16.6 Å². The Balaban J connectivity index is 2.16. The molecule has 0 radical (unpaired) electrons. The smallest absolute Gasteiger partial charge is 0.238 e. The van der Waals surface area contributed by atoms with E-state index in [4.69, 9.17) is 5.14 Å². The highest BCUT2D eigenvalue weighted by molar-refractivity contribution is 8.00. The lowest BCUT2D eigenvalue weighted by atomic mass is 10.1. The van der Waals surface area contributed by atoms with E-state index in [1.807, 2.05) is 20.8 Å². The quantitative estimate of drug-likeness (QED) is 0.738. The number of hydrogen-bond acceptors (Lipinski definition) is 6. The van der Waals surface area contributed by atoms with Crippen molar-refractivity contribution in [2.75, 3.05) is 11.1 Å². The van der Waals surface area contributed by atoms with Gasteiger partial charge in [-0.3, -0.25) is 4.79 Å². The van der Waals surface area contributed by atoms with E-state index >= 15 is 0 Å². The number of hydrogen-bond donors (Lipinski definition) is 2.